The van der Waals surface area contributed by atoms with Gasteiger partial charge in [-0.3, -0.25) is 0 Å². The van der Waals surface area contributed by atoms with E-state index in [9.17, 15) is 0 Å². The predicted molar refractivity (Wildman–Crippen MR) is 75.8 cm³/mol. The molecular weight excluding hydrogens is 316 g/mol. The van der Waals surface area contributed by atoms with Gasteiger partial charge in [0.25, 0.3) is 0 Å². The van der Waals surface area contributed by atoms with Gasteiger partial charge >= 0.3 is 0 Å². The highest BCUT2D eigenvalue weighted by molar-refractivity contribution is 9.10. The molecular formula is C12H14BrClN4. The Morgan fingerprint density at radius 3 is 2.67 bits per heavy atom. The minimum atomic E-state index is -0.0486. The minimum absolute atomic E-state index is 0.0486. The first-order chi connectivity index (χ1) is 8.54. The van der Waals surface area contributed by atoms with Crippen LogP contribution in [0.2, 0.25) is 5.02 Å². The Morgan fingerprint density at radius 1 is 1.44 bits per heavy atom. The molecule has 0 aliphatic carbocycles. The van der Waals surface area contributed by atoms with Crippen LogP contribution in [0, 0.1) is 6.92 Å². The molecule has 0 saturated heterocycles. The van der Waals surface area contributed by atoms with Gasteiger partial charge in [-0.05, 0) is 47.1 Å². The van der Waals surface area contributed by atoms with E-state index in [0.29, 0.717) is 0 Å². The van der Waals surface area contributed by atoms with E-state index < -0.39 is 0 Å². The summed E-state index contributed by atoms with van der Waals surface area (Å²) in [6.07, 6.45) is 0. The van der Waals surface area contributed by atoms with Gasteiger partial charge in [-0.1, -0.05) is 28.9 Å². The van der Waals surface area contributed by atoms with Crippen LogP contribution in [0.3, 0.4) is 0 Å². The van der Waals surface area contributed by atoms with Crippen LogP contribution in [0.15, 0.2) is 22.8 Å². The number of nitrogens with zero attached hydrogens (tertiary/aromatic N) is 3. The quantitative estimate of drug-likeness (QED) is 0.941. The normalized spacial score (nSPS) is 12.7. The Balaban J connectivity index is 2.52. The molecule has 0 aliphatic heterocycles. The molecule has 0 radical (unpaired) electrons. The van der Waals surface area contributed by atoms with Gasteiger partial charge in [-0.2, -0.15) is 0 Å². The first-order valence-electron chi connectivity index (χ1n) is 5.53. The summed E-state index contributed by atoms with van der Waals surface area (Å²) in [5.74, 6) is 0. The second kappa shape index (κ2) is 5.38. The lowest BCUT2D eigenvalue weighted by Gasteiger charge is -2.18. The molecule has 18 heavy (non-hydrogen) atoms. The van der Waals surface area contributed by atoms with Gasteiger partial charge in [-0.25, -0.2) is 4.68 Å². The highest BCUT2D eigenvalue weighted by atomic mass is 79.9. The average molecular weight is 330 g/mol. The van der Waals surface area contributed by atoms with Crippen LogP contribution in [0.25, 0.3) is 0 Å². The zero-order chi connectivity index (χ0) is 13.3. The van der Waals surface area contributed by atoms with Crippen molar-refractivity contribution in [3.05, 3.63) is 44.6 Å². The van der Waals surface area contributed by atoms with Crippen molar-refractivity contribution >= 4 is 27.5 Å². The molecule has 1 aromatic carbocycles. The number of benzene rings is 1. The third kappa shape index (κ3) is 2.43. The van der Waals surface area contributed by atoms with Crippen LogP contribution >= 0.6 is 27.5 Å². The van der Waals surface area contributed by atoms with Crippen molar-refractivity contribution in [3.63, 3.8) is 0 Å². The van der Waals surface area contributed by atoms with Crippen molar-refractivity contribution in [1.29, 1.82) is 0 Å². The highest BCUT2D eigenvalue weighted by Gasteiger charge is 2.22. The predicted octanol–water partition coefficient (Wildman–Crippen LogP) is 2.85. The van der Waals surface area contributed by atoms with Crippen molar-refractivity contribution in [2.24, 2.45) is 7.05 Å². The monoisotopic (exact) mass is 328 g/mol. The summed E-state index contributed by atoms with van der Waals surface area (Å²) in [4.78, 5) is 0. The summed E-state index contributed by atoms with van der Waals surface area (Å²) in [5.41, 5.74) is 3.10. The maximum Gasteiger partial charge on any atom is 0.153 e. The molecule has 0 aliphatic rings. The number of aryl methyl sites for hydroxylation is 2. The van der Waals surface area contributed by atoms with Crippen LogP contribution in [-0.4, -0.2) is 22.0 Å². The Bertz CT molecular complexity index is 548. The van der Waals surface area contributed by atoms with Gasteiger partial charge in [0.1, 0.15) is 0 Å². The fourth-order valence-corrected chi connectivity index (χ4v) is 2.85. The summed E-state index contributed by atoms with van der Waals surface area (Å²) < 4.78 is 2.46. The SMILES string of the molecule is CNC(c1ccc(C)cc1Cl)c1c(Br)nnn1C. The van der Waals surface area contributed by atoms with Crippen LogP contribution in [0.4, 0.5) is 0 Å². The molecule has 1 heterocycles. The van der Waals surface area contributed by atoms with E-state index in [2.05, 4.69) is 31.6 Å². The molecule has 0 spiro atoms. The molecule has 2 aromatic rings. The van der Waals surface area contributed by atoms with Crippen molar-refractivity contribution in [1.82, 2.24) is 20.3 Å². The van der Waals surface area contributed by atoms with Gasteiger partial charge in [0.05, 0.1) is 11.7 Å². The number of rotatable bonds is 3. The lowest BCUT2D eigenvalue weighted by molar-refractivity contribution is 0.597. The van der Waals surface area contributed by atoms with Gasteiger partial charge in [0, 0.05) is 12.1 Å². The van der Waals surface area contributed by atoms with Crippen molar-refractivity contribution in [2.75, 3.05) is 7.05 Å². The summed E-state index contributed by atoms with van der Waals surface area (Å²) in [6, 6.07) is 5.98. The summed E-state index contributed by atoms with van der Waals surface area (Å²) in [5, 5.41) is 12.0. The zero-order valence-electron chi connectivity index (χ0n) is 10.4. The van der Waals surface area contributed by atoms with E-state index >= 15 is 0 Å². The second-order valence-electron chi connectivity index (χ2n) is 4.14. The summed E-state index contributed by atoms with van der Waals surface area (Å²) >= 11 is 9.74. The van der Waals surface area contributed by atoms with E-state index in [4.69, 9.17) is 11.6 Å². The van der Waals surface area contributed by atoms with Gasteiger partial charge in [0.2, 0.25) is 0 Å². The molecule has 0 saturated carbocycles. The number of halogens is 2. The Morgan fingerprint density at radius 2 is 2.17 bits per heavy atom. The van der Waals surface area contributed by atoms with Crippen molar-refractivity contribution < 1.29 is 0 Å². The standard InChI is InChI=1S/C12H14BrClN4/c1-7-4-5-8(9(14)6-7)10(15-2)11-12(13)16-17-18(11)3/h4-6,10,15H,1-3H3. The van der Waals surface area contributed by atoms with Crippen molar-refractivity contribution in [3.8, 4) is 0 Å². The van der Waals surface area contributed by atoms with Crippen LogP contribution in [-0.2, 0) is 7.05 Å². The maximum absolute atomic E-state index is 6.32. The van der Waals surface area contributed by atoms with Gasteiger partial charge in [0.15, 0.2) is 4.60 Å². The largest absolute Gasteiger partial charge is 0.308 e. The molecule has 1 N–H and O–H groups in total. The van der Waals surface area contributed by atoms with E-state index in [1.165, 1.54) is 0 Å². The minimum Gasteiger partial charge on any atom is -0.308 e. The third-order valence-corrected chi connectivity index (χ3v) is 3.75. The number of nitrogens with one attached hydrogen (secondary N) is 1. The Kier molecular flexibility index (Phi) is 4.04. The van der Waals surface area contributed by atoms with Gasteiger partial charge in [-0.15, -0.1) is 5.10 Å². The van der Waals surface area contributed by atoms with E-state index in [1.54, 1.807) is 4.68 Å². The zero-order valence-corrected chi connectivity index (χ0v) is 12.7. The molecule has 6 heteroatoms. The van der Waals surface area contributed by atoms with E-state index in [-0.39, 0.29) is 6.04 Å². The summed E-state index contributed by atoms with van der Waals surface area (Å²) in [7, 11) is 3.75. The summed E-state index contributed by atoms with van der Waals surface area (Å²) in [6.45, 7) is 2.02. The smallest absolute Gasteiger partial charge is 0.153 e. The van der Waals surface area contributed by atoms with Crippen LogP contribution in [0.1, 0.15) is 22.9 Å². The molecule has 2 rings (SSSR count). The van der Waals surface area contributed by atoms with E-state index in [1.807, 2.05) is 39.2 Å². The van der Waals surface area contributed by atoms with Crippen LogP contribution in [0.5, 0.6) is 0 Å². The fraction of sp³-hybridized carbons (Fsp3) is 0.333. The first kappa shape index (κ1) is 13.5. The lowest BCUT2D eigenvalue weighted by atomic mass is 10.0. The van der Waals surface area contributed by atoms with Crippen molar-refractivity contribution in [2.45, 2.75) is 13.0 Å². The number of hydrogen-bond donors (Lipinski definition) is 1. The molecule has 1 atom stereocenters. The average Bonchev–Trinajstić information content (AvgIpc) is 2.64. The molecule has 96 valence electrons. The second-order valence-corrected chi connectivity index (χ2v) is 5.29. The molecule has 0 amide bonds. The lowest BCUT2D eigenvalue weighted by Crippen LogP contribution is -2.21. The highest BCUT2D eigenvalue weighted by Crippen LogP contribution is 2.31. The van der Waals surface area contributed by atoms with Gasteiger partial charge < -0.3 is 5.32 Å². The molecule has 1 aromatic heterocycles. The molecule has 1 unspecified atom stereocenters. The Hall–Kier alpha value is -0.910. The molecule has 0 fully saturated rings. The first-order valence-corrected chi connectivity index (χ1v) is 6.70. The van der Waals surface area contributed by atoms with Crippen LogP contribution < -0.4 is 5.32 Å². The van der Waals surface area contributed by atoms with E-state index in [0.717, 1.165) is 26.4 Å². The Labute approximate surface area is 119 Å². The molecule has 0 bridgehead atoms. The number of hydrogen-bond acceptors (Lipinski definition) is 3. The topological polar surface area (TPSA) is 42.7 Å². The number of aromatic nitrogens is 3. The fourth-order valence-electron chi connectivity index (χ4n) is 1.95. The molecule has 4 nitrogen and oxygen atoms in total. The maximum atomic E-state index is 6.32. The third-order valence-electron chi connectivity index (χ3n) is 2.86.